The molecule has 0 saturated carbocycles. The predicted molar refractivity (Wildman–Crippen MR) is 116 cm³/mol. The summed E-state index contributed by atoms with van der Waals surface area (Å²) in [5.74, 6) is -0.915. The van der Waals surface area contributed by atoms with E-state index in [1.807, 2.05) is 12.3 Å². The summed E-state index contributed by atoms with van der Waals surface area (Å²) in [7, 11) is 0. The summed E-state index contributed by atoms with van der Waals surface area (Å²) in [5, 5.41) is 9.34. The number of thiazole rings is 1. The molecule has 3 aromatic rings. The van der Waals surface area contributed by atoms with Gasteiger partial charge in [-0.25, -0.2) is 9.37 Å². The van der Waals surface area contributed by atoms with Crippen molar-refractivity contribution in [3.63, 3.8) is 0 Å². The number of anilines is 1. The largest absolute Gasteiger partial charge is 0.360 e. The SMILES string of the molecule is Cc1csc(NC(=O)C2CCN(C(=O)c3c(-c4c(F)cccc4Cl)noc3C)CC2)n1. The number of hydrogen-bond donors (Lipinski definition) is 1. The highest BCUT2D eigenvalue weighted by Gasteiger charge is 2.32. The van der Waals surface area contributed by atoms with Crippen molar-refractivity contribution < 1.29 is 18.5 Å². The Bertz CT molecular complexity index is 1120. The lowest BCUT2D eigenvalue weighted by Gasteiger charge is -2.31. The highest BCUT2D eigenvalue weighted by molar-refractivity contribution is 7.13. The Labute approximate surface area is 187 Å². The first-order valence-corrected chi connectivity index (χ1v) is 11.0. The van der Waals surface area contributed by atoms with Crippen molar-refractivity contribution in [3.8, 4) is 11.3 Å². The van der Waals surface area contributed by atoms with Gasteiger partial charge in [0.25, 0.3) is 5.91 Å². The van der Waals surface area contributed by atoms with E-state index >= 15 is 0 Å². The van der Waals surface area contributed by atoms with Crippen molar-refractivity contribution in [1.82, 2.24) is 15.0 Å². The maximum absolute atomic E-state index is 14.4. The molecule has 2 aromatic heterocycles. The molecule has 0 aliphatic carbocycles. The number of rotatable bonds is 4. The zero-order valence-electron chi connectivity index (χ0n) is 16.9. The summed E-state index contributed by atoms with van der Waals surface area (Å²) in [6, 6.07) is 4.28. The van der Waals surface area contributed by atoms with Crippen molar-refractivity contribution in [2.45, 2.75) is 26.7 Å². The van der Waals surface area contributed by atoms with E-state index in [1.54, 1.807) is 11.8 Å². The second-order valence-corrected chi connectivity index (χ2v) is 8.67. The van der Waals surface area contributed by atoms with Gasteiger partial charge in [0, 0.05) is 24.4 Å². The Morgan fingerprint density at radius 1 is 1.29 bits per heavy atom. The molecular weight excluding hydrogens is 443 g/mol. The molecule has 1 saturated heterocycles. The van der Waals surface area contributed by atoms with Crippen LogP contribution in [0.3, 0.4) is 0 Å². The Hall–Kier alpha value is -2.78. The Kier molecular flexibility index (Phi) is 6.06. The summed E-state index contributed by atoms with van der Waals surface area (Å²) < 4.78 is 19.6. The van der Waals surface area contributed by atoms with E-state index < -0.39 is 5.82 Å². The molecule has 4 rings (SSSR count). The third-order valence-corrected chi connectivity index (χ3v) is 6.47. The average molecular weight is 463 g/mol. The van der Waals surface area contributed by atoms with E-state index in [0.717, 1.165) is 5.69 Å². The van der Waals surface area contributed by atoms with Gasteiger partial charge in [-0.1, -0.05) is 22.8 Å². The Morgan fingerprint density at radius 3 is 2.68 bits per heavy atom. The van der Waals surface area contributed by atoms with E-state index in [-0.39, 0.29) is 39.6 Å². The smallest absolute Gasteiger partial charge is 0.259 e. The van der Waals surface area contributed by atoms with Crippen LogP contribution in [0.1, 0.15) is 34.7 Å². The highest BCUT2D eigenvalue weighted by atomic mass is 35.5. The summed E-state index contributed by atoms with van der Waals surface area (Å²) in [6.07, 6.45) is 1.03. The summed E-state index contributed by atoms with van der Waals surface area (Å²) in [6.45, 7) is 4.26. The molecule has 10 heteroatoms. The molecule has 1 fully saturated rings. The first kappa shape index (κ1) is 21.5. The predicted octanol–water partition coefficient (Wildman–Crippen LogP) is 4.70. The van der Waals surface area contributed by atoms with E-state index in [0.29, 0.717) is 36.8 Å². The quantitative estimate of drug-likeness (QED) is 0.607. The molecule has 1 aromatic carbocycles. The standard InChI is InChI=1S/C21H20ClFN4O3S/c1-11-10-31-21(24-11)25-19(28)13-6-8-27(9-7-13)20(29)16-12(2)30-26-18(16)17-14(22)4-3-5-15(17)23/h3-5,10,13H,6-9H2,1-2H3,(H,24,25,28). The molecule has 0 unspecified atom stereocenters. The fourth-order valence-electron chi connectivity index (χ4n) is 3.64. The number of nitrogens with zero attached hydrogens (tertiary/aromatic N) is 3. The summed E-state index contributed by atoms with van der Waals surface area (Å²) in [5.41, 5.74) is 1.17. The molecule has 1 N–H and O–H groups in total. The van der Waals surface area contributed by atoms with Gasteiger partial charge < -0.3 is 14.7 Å². The van der Waals surface area contributed by atoms with Crippen LogP contribution in [-0.2, 0) is 4.79 Å². The average Bonchev–Trinajstić information content (AvgIpc) is 3.32. The van der Waals surface area contributed by atoms with Gasteiger partial charge in [-0.2, -0.15) is 0 Å². The lowest BCUT2D eigenvalue weighted by Crippen LogP contribution is -2.41. The maximum Gasteiger partial charge on any atom is 0.259 e. The molecule has 0 radical (unpaired) electrons. The zero-order chi connectivity index (χ0) is 22.1. The van der Waals surface area contributed by atoms with Gasteiger partial charge in [0.1, 0.15) is 22.8 Å². The number of halogens is 2. The maximum atomic E-state index is 14.4. The molecule has 162 valence electrons. The summed E-state index contributed by atoms with van der Waals surface area (Å²) in [4.78, 5) is 31.6. The van der Waals surface area contributed by atoms with Crippen LogP contribution in [-0.4, -0.2) is 39.9 Å². The van der Waals surface area contributed by atoms with Gasteiger partial charge >= 0.3 is 0 Å². The molecule has 31 heavy (non-hydrogen) atoms. The van der Waals surface area contributed by atoms with Crippen LogP contribution >= 0.6 is 22.9 Å². The second kappa shape index (κ2) is 8.76. The molecule has 0 bridgehead atoms. The monoisotopic (exact) mass is 462 g/mol. The number of aromatic nitrogens is 2. The zero-order valence-corrected chi connectivity index (χ0v) is 18.5. The third kappa shape index (κ3) is 4.33. The fraction of sp³-hybridized carbons (Fsp3) is 0.333. The molecular formula is C21H20ClFN4O3S. The van der Waals surface area contributed by atoms with Crippen LogP contribution in [0, 0.1) is 25.6 Å². The minimum atomic E-state index is -0.581. The number of amides is 2. The lowest BCUT2D eigenvalue weighted by atomic mass is 9.95. The van der Waals surface area contributed by atoms with Crippen molar-refractivity contribution in [2.24, 2.45) is 5.92 Å². The first-order valence-electron chi connectivity index (χ1n) is 9.78. The minimum absolute atomic E-state index is 0.0392. The molecule has 7 nitrogen and oxygen atoms in total. The number of carbonyl (C=O) groups is 2. The van der Waals surface area contributed by atoms with Gasteiger partial charge in [-0.05, 0) is 38.8 Å². The van der Waals surface area contributed by atoms with Gasteiger partial charge in [-0.15, -0.1) is 11.3 Å². The van der Waals surface area contributed by atoms with Crippen molar-refractivity contribution in [3.05, 3.63) is 51.4 Å². The molecule has 1 aliphatic rings. The van der Waals surface area contributed by atoms with Gasteiger partial charge in [0.05, 0.1) is 16.3 Å². The van der Waals surface area contributed by atoms with Gasteiger partial charge in [0.2, 0.25) is 5.91 Å². The van der Waals surface area contributed by atoms with Gasteiger partial charge in [0.15, 0.2) is 5.13 Å². The Balaban J connectivity index is 1.47. The van der Waals surface area contributed by atoms with Gasteiger partial charge in [-0.3, -0.25) is 9.59 Å². The third-order valence-electron chi connectivity index (χ3n) is 5.28. The van der Waals surface area contributed by atoms with E-state index in [9.17, 15) is 14.0 Å². The molecule has 2 amide bonds. The fourth-order valence-corrected chi connectivity index (χ4v) is 4.58. The van der Waals surface area contributed by atoms with E-state index in [1.165, 1.54) is 29.5 Å². The van der Waals surface area contributed by atoms with E-state index in [2.05, 4.69) is 15.5 Å². The number of carbonyl (C=O) groups excluding carboxylic acids is 2. The van der Waals surface area contributed by atoms with E-state index in [4.69, 9.17) is 16.1 Å². The van der Waals surface area contributed by atoms with Crippen LogP contribution in [0.2, 0.25) is 5.02 Å². The molecule has 1 aliphatic heterocycles. The highest BCUT2D eigenvalue weighted by Crippen LogP contribution is 2.34. The normalized spacial score (nSPS) is 14.6. The molecule has 0 atom stereocenters. The van der Waals surface area contributed by atoms with Crippen LogP contribution in [0.15, 0.2) is 28.1 Å². The number of piperidine rings is 1. The number of aryl methyl sites for hydroxylation is 2. The molecule has 3 heterocycles. The number of benzene rings is 1. The van der Waals surface area contributed by atoms with Crippen molar-refractivity contribution >= 4 is 39.9 Å². The number of likely N-dealkylation sites (tertiary alicyclic amines) is 1. The topological polar surface area (TPSA) is 88.3 Å². The lowest BCUT2D eigenvalue weighted by molar-refractivity contribution is -0.121. The van der Waals surface area contributed by atoms with Crippen molar-refractivity contribution in [1.29, 1.82) is 0 Å². The van der Waals surface area contributed by atoms with Crippen LogP contribution in [0.25, 0.3) is 11.3 Å². The van der Waals surface area contributed by atoms with Crippen LogP contribution in [0.4, 0.5) is 9.52 Å². The number of nitrogens with one attached hydrogen (secondary N) is 1. The first-order chi connectivity index (χ1) is 14.8. The summed E-state index contributed by atoms with van der Waals surface area (Å²) >= 11 is 7.55. The number of hydrogen-bond acceptors (Lipinski definition) is 6. The Morgan fingerprint density at radius 2 is 2.03 bits per heavy atom. The van der Waals surface area contributed by atoms with Crippen molar-refractivity contribution in [2.75, 3.05) is 18.4 Å². The van der Waals surface area contributed by atoms with Crippen LogP contribution < -0.4 is 5.32 Å². The minimum Gasteiger partial charge on any atom is -0.360 e. The molecule has 0 spiro atoms. The second-order valence-electron chi connectivity index (χ2n) is 7.41. The van der Waals surface area contributed by atoms with Crippen LogP contribution in [0.5, 0.6) is 0 Å².